The van der Waals surface area contributed by atoms with Gasteiger partial charge >= 0.3 is 11.9 Å². The number of carbonyl (C=O) groups is 2. The van der Waals surface area contributed by atoms with Gasteiger partial charge in [-0.1, -0.05) is 19.1 Å². The molecule has 0 saturated carbocycles. The van der Waals surface area contributed by atoms with E-state index in [0.717, 1.165) is 5.56 Å². The Kier molecular flexibility index (Phi) is 5.69. The lowest BCUT2D eigenvalue weighted by atomic mass is 10.1. The largest absolute Gasteiger partial charge is 0.481 e. The number of benzene rings is 1. The smallest absolute Gasteiger partial charge is 0.335 e. The van der Waals surface area contributed by atoms with Crippen LogP contribution in [0.2, 0.25) is 0 Å². The molecule has 0 spiro atoms. The maximum atomic E-state index is 10.8. The van der Waals surface area contributed by atoms with E-state index in [1.54, 1.807) is 24.0 Å². The fraction of sp³-hybridized carbons (Fsp3) is 0.357. The SMILES string of the molecule is CC(CN(CC#N)Cc1ccc(C(=O)O)cc1)C(=O)O. The minimum Gasteiger partial charge on any atom is -0.481 e. The Labute approximate surface area is 116 Å². The Morgan fingerprint density at radius 2 is 1.90 bits per heavy atom. The highest BCUT2D eigenvalue weighted by molar-refractivity contribution is 5.87. The van der Waals surface area contributed by atoms with Crippen molar-refractivity contribution in [3.63, 3.8) is 0 Å². The van der Waals surface area contributed by atoms with Crippen LogP contribution in [-0.2, 0) is 11.3 Å². The summed E-state index contributed by atoms with van der Waals surface area (Å²) in [5.74, 6) is -2.47. The van der Waals surface area contributed by atoms with Gasteiger partial charge in [-0.25, -0.2) is 4.79 Å². The van der Waals surface area contributed by atoms with Crippen molar-refractivity contribution in [1.29, 1.82) is 5.26 Å². The number of hydrogen-bond donors (Lipinski definition) is 2. The molecule has 1 aromatic carbocycles. The summed E-state index contributed by atoms with van der Waals surface area (Å²) in [5, 5.41) is 26.5. The standard InChI is InChI=1S/C14H16N2O4/c1-10(13(17)18)8-16(7-6-15)9-11-2-4-12(5-3-11)14(19)20/h2-5,10H,7-9H2,1H3,(H,17,18)(H,19,20). The first kappa shape index (κ1) is 15.7. The van der Waals surface area contributed by atoms with Gasteiger partial charge in [0.1, 0.15) is 0 Å². The van der Waals surface area contributed by atoms with Crippen LogP contribution in [0.25, 0.3) is 0 Å². The lowest BCUT2D eigenvalue weighted by molar-refractivity contribution is -0.141. The van der Waals surface area contributed by atoms with Gasteiger partial charge in [-0.3, -0.25) is 9.69 Å². The van der Waals surface area contributed by atoms with E-state index >= 15 is 0 Å². The van der Waals surface area contributed by atoms with Gasteiger partial charge in [0.05, 0.1) is 24.1 Å². The molecule has 0 saturated heterocycles. The average molecular weight is 276 g/mol. The number of nitriles is 1. The number of carboxylic acids is 2. The molecule has 0 aliphatic rings. The van der Waals surface area contributed by atoms with Crippen LogP contribution in [0.3, 0.4) is 0 Å². The van der Waals surface area contributed by atoms with Gasteiger partial charge in [-0.2, -0.15) is 5.26 Å². The molecule has 1 atom stereocenters. The molecule has 106 valence electrons. The van der Waals surface area contributed by atoms with Gasteiger partial charge in [-0.15, -0.1) is 0 Å². The van der Waals surface area contributed by atoms with Crippen molar-refractivity contribution in [2.75, 3.05) is 13.1 Å². The summed E-state index contributed by atoms with van der Waals surface area (Å²) in [6.45, 7) is 2.38. The zero-order valence-corrected chi connectivity index (χ0v) is 11.1. The van der Waals surface area contributed by atoms with Crippen LogP contribution in [0.4, 0.5) is 0 Å². The van der Waals surface area contributed by atoms with E-state index in [-0.39, 0.29) is 18.7 Å². The minimum atomic E-state index is -0.995. The lowest BCUT2D eigenvalue weighted by Gasteiger charge is -2.21. The van der Waals surface area contributed by atoms with Crippen molar-refractivity contribution in [3.8, 4) is 6.07 Å². The van der Waals surface area contributed by atoms with Crippen molar-refractivity contribution < 1.29 is 19.8 Å². The highest BCUT2D eigenvalue weighted by Crippen LogP contribution is 2.09. The quantitative estimate of drug-likeness (QED) is 0.730. The van der Waals surface area contributed by atoms with Crippen molar-refractivity contribution in [2.24, 2.45) is 5.92 Å². The highest BCUT2D eigenvalue weighted by atomic mass is 16.4. The topological polar surface area (TPSA) is 102 Å². The molecular formula is C14H16N2O4. The molecule has 1 aromatic rings. The maximum absolute atomic E-state index is 10.8. The van der Waals surface area contributed by atoms with E-state index in [2.05, 4.69) is 0 Å². The van der Waals surface area contributed by atoms with Crippen LogP contribution >= 0.6 is 0 Å². The summed E-state index contributed by atoms with van der Waals surface area (Å²) in [6.07, 6.45) is 0. The van der Waals surface area contributed by atoms with Crippen molar-refractivity contribution in [3.05, 3.63) is 35.4 Å². The number of carboxylic acid groups (broad SMARTS) is 2. The molecule has 0 bridgehead atoms. The second-order valence-corrected chi connectivity index (χ2v) is 4.57. The van der Waals surface area contributed by atoms with Gasteiger partial charge in [0, 0.05) is 13.1 Å². The van der Waals surface area contributed by atoms with Gasteiger partial charge in [0.25, 0.3) is 0 Å². The number of aliphatic carboxylic acids is 1. The zero-order valence-electron chi connectivity index (χ0n) is 11.1. The number of rotatable bonds is 7. The molecule has 0 aromatic heterocycles. The Hall–Kier alpha value is -2.39. The summed E-state index contributed by atoms with van der Waals surface area (Å²) in [5.41, 5.74) is 1.03. The molecule has 1 unspecified atom stereocenters. The summed E-state index contributed by atoms with van der Waals surface area (Å²) >= 11 is 0. The van der Waals surface area contributed by atoms with Gasteiger partial charge in [0.15, 0.2) is 0 Å². The molecule has 1 rings (SSSR count). The Bertz CT molecular complexity index is 519. The molecule has 6 heteroatoms. The predicted octanol–water partition coefficient (Wildman–Crippen LogP) is 1.43. The van der Waals surface area contributed by atoms with E-state index in [1.807, 2.05) is 6.07 Å². The molecule has 0 radical (unpaired) electrons. The molecule has 0 aliphatic carbocycles. The number of nitrogens with zero attached hydrogens (tertiary/aromatic N) is 2. The predicted molar refractivity (Wildman–Crippen MR) is 71.1 cm³/mol. The molecular weight excluding hydrogens is 260 g/mol. The van der Waals surface area contributed by atoms with Crippen LogP contribution in [-0.4, -0.2) is 40.1 Å². The molecule has 0 fully saturated rings. The zero-order chi connectivity index (χ0) is 15.1. The summed E-state index contributed by atoms with van der Waals surface area (Å²) in [4.78, 5) is 23.3. The summed E-state index contributed by atoms with van der Waals surface area (Å²) < 4.78 is 0. The fourth-order valence-electron chi connectivity index (χ4n) is 1.76. The van der Waals surface area contributed by atoms with Gasteiger partial charge in [-0.05, 0) is 17.7 Å². The van der Waals surface area contributed by atoms with Crippen molar-refractivity contribution in [1.82, 2.24) is 4.90 Å². The van der Waals surface area contributed by atoms with Crippen LogP contribution < -0.4 is 0 Å². The second-order valence-electron chi connectivity index (χ2n) is 4.57. The third kappa shape index (κ3) is 4.71. The van der Waals surface area contributed by atoms with Crippen LogP contribution in [0.5, 0.6) is 0 Å². The molecule has 0 aliphatic heterocycles. The first-order valence-electron chi connectivity index (χ1n) is 6.08. The van der Waals surface area contributed by atoms with Crippen molar-refractivity contribution in [2.45, 2.75) is 13.5 Å². The van der Waals surface area contributed by atoms with E-state index in [4.69, 9.17) is 15.5 Å². The van der Waals surface area contributed by atoms with Gasteiger partial charge < -0.3 is 10.2 Å². The number of hydrogen-bond acceptors (Lipinski definition) is 4. The number of aromatic carboxylic acids is 1. The Balaban J connectivity index is 2.72. The molecule has 2 N–H and O–H groups in total. The fourth-order valence-corrected chi connectivity index (χ4v) is 1.76. The lowest BCUT2D eigenvalue weighted by Crippen LogP contribution is -2.31. The Morgan fingerprint density at radius 1 is 1.30 bits per heavy atom. The first-order valence-corrected chi connectivity index (χ1v) is 6.08. The van der Waals surface area contributed by atoms with E-state index in [0.29, 0.717) is 6.54 Å². The molecule has 6 nitrogen and oxygen atoms in total. The third-order valence-corrected chi connectivity index (χ3v) is 2.86. The maximum Gasteiger partial charge on any atom is 0.335 e. The molecule has 0 amide bonds. The van der Waals surface area contributed by atoms with E-state index < -0.39 is 17.9 Å². The van der Waals surface area contributed by atoms with E-state index in [1.165, 1.54) is 12.1 Å². The normalized spacial score (nSPS) is 11.8. The van der Waals surface area contributed by atoms with Crippen molar-refractivity contribution >= 4 is 11.9 Å². The average Bonchev–Trinajstić information content (AvgIpc) is 2.39. The monoisotopic (exact) mass is 276 g/mol. The van der Waals surface area contributed by atoms with Crippen LogP contribution in [0, 0.1) is 17.2 Å². The second kappa shape index (κ2) is 7.26. The summed E-state index contributed by atoms with van der Waals surface area (Å²) in [6, 6.07) is 8.31. The Morgan fingerprint density at radius 3 is 2.35 bits per heavy atom. The molecule has 0 heterocycles. The minimum absolute atomic E-state index is 0.123. The molecule has 20 heavy (non-hydrogen) atoms. The first-order chi connectivity index (χ1) is 9.43. The third-order valence-electron chi connectivity index (χ3n) is 2.86. The van der Waals surface area contributed by atoms with Gasteiger partial charge in [0.2, 0.25) is 0 Å². The van der Waals surface area contributed by atoms with Crippen LogP contribution in [0.15, 0.2) is 24.3 Å². The van der Waals surface area contributed by atoms with E-state index in [9.17, 15) is 9.59 Å². The summed E-state index contributed by atoms with van der Waals surface area (Å²) in [7, 11) is 0. The van der Waals surface area contributed by atoms with Crippen LogP contribution in [0.1, 0.15) is 22.8 Å². The highest BCUT2D eigenvalue weighted by Gasteiger charge is 2.16.